The highest BCUT2D eigenvalue weighted by Gasteiger charge is 2.37. The zero-order chi connectivity index (χ0) is 22.0. The number of nitrogens with zero attached hydrogens (tertiary/aromatic N) is 1. The van der Waals surface area contributed by atoms with Crippen LogP contribution in [-0.2, 0) is 6.18 Å². The molecule has 0 saturated heterocycles. The topological polar surface area (TPSA) is 22.0 Å². The number of halogens is 3. The van der Waals surface area contributed by atoms with Crippen LogP contribution in [0.15, 0.2) is 102 Å². The fourth-order valence-electron chi connectivity index (χ4n) is 3.84. The van der Waals surface area contributed by atoms with Gasteiger partial charge in [0.1, 0.15) is 5.69 Å². The van der Waals surface area contributed by atoms with Crippen molar-refractivity contribution in [1.82, 2.24) is 4.57 Å². The van der Waals surface area contributed by atoms with E-state index in [9.17, 15) is 18.0 Å². The minimum atomic E-state index is -4.69. The van der Waals surface area contributed by atoms with Gasteiger partial charge in [-0.1, -0.05) is 91.0 Å². The minimum Gasteiger partial charge on any atom is -0.297 e. The predicted molar refractivity (Wildman–Crippen MR) is 117 cm³/mol. The summed E-state index contributed by atoms with van der Waals surface area (Å²) in [6.07, 6.45) is -4.69. The lowest BCUT2D eigenvalue weighted by atomic mass is 9.94. The highest BCUT2D eigenvalue weighted by Crippen LogP contribution is 2.37. The van der Waals surface area contributed by atoms with Crippen LogP contribution < -0.4 is 5.56 Å². The van der Waals surface area contributed by atoms with E-state index in [1.54, 1.807) is 97.9 Å². The SMILES string of the molecule is CC(c1ccccc1)n1c(C(F)(F)F)cc(-c2ccccc2)c(-c2ccccc2)c1=O. The van der Waals surface area contributed by atoms with Gasteiger partial charge < -0.3 is 0 Å². The molecule has 2 nitrogen and oxygen atoms in total. The lowest BCUT2D eigenvalue weighted by molar-refractivity contribution is -0.144. The van der Waals surface area contributed by atoms with Gasteiger partial charge in [0.05, 0.1) is 11.6 Å². The van der Waals surface area contributed by atoms with Gasteiger partial charge in [-0.2, -0.15) is 13.2 Å². The maximum absolute atomic E-state index is 14.2. The van der Waals surface area contributed by atoms with Crippen LogP contribution in [0.5, 0.6) is 0 Å². The van der Waals surface area contributed by atoms with Crippen molar-refractivity contribution in [2.75, 3.05) is 0 Å². The molecule has 156 valence electrons. The van der Waals surface area contributed by atoms with Gasteiger partial charge in [-0.15, -0.1) is 0 Å². The molecule has 1 atom stereocenters. The van der Waals surface area contributed by atoms with E-state index >= 15 is 0 Å². The third-order valence-electron chi connectivity index (χ3n) is 5.35. The van der Waals surface area contributed by atoms with Gasteiger partial charge >= 0.3 is 6.18 Å². The molecule has 1 unspecified atom stereocenters. The molecule has 0 fully saturated rings. The summed E-state index contributed by atoms with van der Waals surface area (Å²) in [5, 5.41) is 0. The van der Waals surface area contributed by atoms with Gasteiger partial charge in [-0.3, -0.25) is 9.36 Å². The molecule has 4 rings (SSSR count). The zero-order valence-electron chi connectivity index (χ0n) is 16.8. The summed E-state index contributed by atoms with van der Waals surface area (Å²) >= 11 is 0. The molecule has 1 aromatic heterocycles. The highest BCUT2D eigenvalue weighted by molar-refractivity contribution is 5.83. The quantitative estimate of drug-likeness (QED) is 0.356. The molecule has 1 heterocycles. The summed E-state index contributed by atoms with van der Waals surface area (Å²) in [6.45, 7) is 1.61. The van der Waals surface area contributed by atoms with Crippen LogP contribution in [0, 0.1) is 0 Å². The standard InChI is InChI=1S/C26H20F3NO/c1-18(19-11-5-2-6-12-19)30-23(26(27,28)29)17-22(20-13-7-3-8-14-20)24(25(30)31)21-15-9-4-10-16-21/h2-18H,1H3. The molecule has 0 N–H and O–H groups in total. The van der Waals surface area contributed by atoms with E-state index in [0.717, 1.165) is 10.6 Å². The normalized spacial score (nSPS) is 12.5. The Morgan fingerprint density at radius 3 is 1.74 bits per heavy atom. The zero-order valence-corrected chi connectivity index (χ0v) is 16.8. The highest BCUT2D eigenvalue weighted by atomic mass is 19.4. The van der Waals surface area contributed by atoms with E-state index in [1.807, 2.05) is 0 Å². The first-order chi connectivity index (χ1) is 14.9. The largest absolute Gasteiger partial charge is 0.431 e. The second kappa shape index (κ2) is 8.26. The molecule has 4 aromatic rings. The van der Waals surface area contributed by atoms with Crippen LogP contribution in [0.4, 0.5) is 13.2 Å². The Kier molecular flexibility index (Phi) is 5.51. The van der Waals surface area contributed by atoms with Crippen LogP contribution in [0.25, 0.3) is 22.3 Å². The second-order valence-electron chi connectivity index (χ2n) is 7.31. The molecule has 0 spiro atoms. The van der Waals surface area contributed by atoms with Gasteiger partial charge in [0.25, 0.3) is 5.56 Å². The first-order valence-electron chi connectivity index (χ1n) is 9.90. The number of hydrogen-bond donors (Lipinski definition) is 0. The molecule has 0 bridgehead atoms. The summed E-state index contributed by atoms with van der Waals surface area (Å²) in [5.41, 5.74) is 0.644. The minimum absolute atomic E-state index is 0.252. The summed E-state index contributed by atoms with van der Waals surface area (Å²) in [4.78, 5) is 13.7. The van der Waals surface area contributed by atoms with Gasteiger partial charge in [-0.05, 0) is 35.2 Å². The molecule has 31 heavy (non-hydrogen) atoms. The van der Waals surface area contributed by atoms with Gasteiger partial charge in [-0.25, -0.2) is 0 Å². The van der Waals surface area contributed by atoms with Crippen molar-refractivity contribution in [2.24, 2.45) is 0 Å². The van der Waals surface area contributed by atoms with Gasteiger partial charge in [0.15, 0.2) is 0 Å². The first-order valence-corrected chi connectivity index (χ1v) is 9.90. The van der Waals surface area contributed by atoms with Crippen LogP contribution in [0.2, 0.25) is 0 Å². The summed E-state index contributed by atoms with van der Waals surface area (Å²) in [6, 6.07) is 26.6. The number of hydrogen-bond acceptors (Lipinski definition) is 1. The molecule has 0 saturated carbocycles. The van der Waals surface area contributed by atoms with E-state index in [2.05, 4.69) is 0 Å². The lowest BCUT2D eigenvalue weighted by Crippen LogP contribution is -2.32. The molecule has 0 amide bonds. The summed E-state index contributed by atoms with van der Waals surface area (Å²) in [7, 11) is 0. The van der Waals surface area contributed by atoms with Crippen LogP contribution in [0.3, 0.4) is 0 Å². The Hall–Kier alpha value is -3.60. The summed E-state index contributed by atoms with van der Waals surface area (Å²) < 4.78 is 43.4. The molecule has 0 aliphatic carbocycles. The van der Waals surface area contributed by atoms with Crippen molar-refractivity contribution in [2.45, 2.75) is 19.1 Å². The summed E-state index contributed by atoms with van der Waals surface area (Å²) in [5.74, 6) is 0. The smallest absolute Gasteiger partial charge is 0.297 e. The maximum atomic E-state index is 14.2. The van der Waals surface area contributed by atoms with Crippen molar-refractivity contribution in [3.05, 3.63) is 119 Å². The van der Waals surface area contributed by atoms with Crippen molar-refractivity contribution in [1.29, 1.82) is 0 Å². The van der Waals surface area contributed by atoms with E-state index < -0.39 is 23.5 Å². The van der Waals surface area contributed by atoms with Crippen LogP contribution >= 0.6 is 0 Å². The Balaban J connectivity index is 2.10. The third kappa shape index (κ3) is 4.04. The Labute approximate surface area is 178 Å². The Morgan fingerprint density at radius 1 is 0.742 bits per heavy atom. The van der Waals surface area contributed by atoms with E-state index in [-0.39, 0.29) is 11.1 Å². The fourth-order valence-corrected chi connectivity index (χ4v) is 3.84. The van der Waals surface area contributed by atoms with Gasteiger partial charge in [0.2, 0.25) is 0 Å². The van der Waals surface area contributed by atoms with E-state index in [0.29, 0.717) is 16.7 Å². The number of aromatic nitrogens is 1. The molecule has 0 aliphatic heterocycles. The molecule has 0 radical (unpaired) electrons. The Morgan fingerprint density at radius 2 is 1.23 bits per heavy atom. The number of pyridine rings is 1. The molecule has 0 aliphatic rings. The first kappa shape index (κ1) is 20.7. The molecule has 3 aromatic carbocycles. The number of alkyl halides is 3. The fraction of sp³-hybridized carbons (Fsp3) is 0.115. The van der Waals surface area contributed by atoms with Crippen LogP contribution in [0.1, 0.15) is 24.2 Å². The molecular weight excluding hydrogens is 399 g/mol. The van der Waals surface area contributed by atoms with Crippen molar-refractivity contribution in [3.8, 4) is 22.3 Å². The predicted octanol–water partition coefficient (Wildman–Crippen LogP) is 6.81. The lowest BCUT2D eigenvalue weighted by Gasteiger charge is -2.24. The average Bonchev–Trinajstić information content (AvgIpc) is 2.79. The number of benzene rings is 3. The molecular formula is C26H20F3NO. The van der Waals surface area contributed by atoms with Gasteiger partial charge in [0, 0.05) is 0 Å². The van der Waals surface area contributed by atoms with E-state index in [4.69, 9.17) is 0 Å². The second-order valence-corrected chi connectivity index (χ2v) is 7.31. The monoisotopic (exact) mass is 419 g/mol. The average molecular weight is 419 g/mol. The van der Waals surface area contributed by atoms with Crippen molar-refractivity contribution in [3.63, 3.8) is 0 Å². The Bertz CT molecular complexity index is 1230. The third-order valence-corrected chi connectivity index (χ3v) is 5.35. The number of rotatable bonds is 4. The van der Waals surface area contributed by atoms with Crippen molar-refractivity contribution >= 4 is 0 Å². The van der Waals surface area contributed by atoms with E-state index in [1.165, 1.54) is 0 Å². The van der Waals surface area contributed by atoms with Crippen LogP contribution in [-0.4, -0.2) is 4.57 Å². The maximum Gasteiger partial charge on any atom is 0.431 e. The molecule has 5 heteroatoms. The van der Waals surface area contributed by atoms with Crippen molar-refractivity contribution < 1.29 is 13.2 Å².